The van der Waals surface area contributed by atoms with E-state index < -0.39 is 12.1 Å². The summed E-state index contributed by atoms with van der Waals surface area (Å²) in [7, 11) is 0. The topological polar surface area (TPSA) is 105 Å². The summed E-state index contributed by atoms with van der Waals surface area (Å²) >= 11 is 0. The summed E-state index contributed by atoms with van der Waals surface area (Å²) in [5, 5.41) is 14.7. The zero-order valence-corrected chi connectivity index (χ0v) is 20.2. The van der Waals surface area contributed by atoms with Crippen LogP contribution in [0.1, 0.15) is 68.9 Å². The molecular weight excluding hydrogens is 444 g/mol. The molecule has 7 heteroatoms. The van der Waals surface area contributed by atoms with Crippen LogP contribution < -0.4 is 10.6 Å². The monoisotopic (exact) mass is 478 g/mol. The highest BCUT2D eigenvalue weighted by Gasteiger charge is 2.31. The van der Waals surface area contributed by atoms with E-state index in [1.165, 1.54) is 22.3 Å². The number of benzene rings is 2. The van der Waals surface area contributed by atoms with E-state index >= 15 is 0 Å². The van der Waals surface area contributed by atoms with Crippen LogP contribution in [0.15, 0.2) is 48.5 Å². The van der Waals surface area contributed by atoms with Crippen LogP contribution in [-0.2, 0) is 14.3 Å². The van der Waals surface area contributed by atoms with Crippen molar-refractivity contribution < 1.29 is 24.2 Å². The fraction of sp³-hybridized carbons (Fsp3) is 0.464. The molecule has 1 fully saturated rings. The number of alkyl carbamates (subject to hydrolysis) is 1. The molecule has 0 spiro atoms. The molecule has 0 aliphatic heterocycles. The van der Waals surface area contributed by atoms with Gasteiger partial charge in [0.05, 0.1) is 0 Å². The number of carbonyl (C=O) groups excluding carboxylic acids is 2. The molecule has 0 aromatic heterocycles. The van der Waals surface area contributed by atoms with Crippen LogP contribution in [0.2, 0.25) is 0 Å². The van der Waals surface area contributed by atoms with Gasteiger partial charge in [0.15, 0.2) is 0 Å². The van der Waals surface area contributed by atoms with E-state index in [0.717, 1.165) is 19.3 Å². The number of hydrogen-bond donors (Lipinski definition) is 3. The Balaban J connectivity index is 1.26. The molecular formula is C28H34N2O5. The van der Waals surface area contributed by atoms with Gasteiger partial charge in [0.25, 0.3) is 0 Å². The van der Waals surface area contributed by atoms with Gasteiger partial charge in [-0.25, -0.2) is 4.79 Å². The molecule has 0 radical (unpaired) electrons. The lowest BCUT2D eigenvalue weighted by molar-refractivity contribution is -0.137. The van der Waals surface area contributed by atoms with Gasteiger partial charge in [-0.05, 0) is 61.3 Å². The third-order valence-corrected chi connectivity index (χ3v) is 7.13. The molecule has 0 saturated heterocycles. The van der Waals surface area contributed by atoms with Crippen molar-refractivity contribution in [1.29, 1.82) is 0 Å². The van der Waals surface area contributed by atoms with E-state index in [1.807, 2.05) is 31.2 Å². The highest BCUT2D eigenvalue weighted by molar-refractivity contribution is 5.80. The van der Waals surface area contributed by atoms with Crippen molar-refractivity contribution in [2.24, 2.45) is 5.92 Å². The van der Waals surface area contributed by atoms with Gasteiger partial charge in [0, 0.05) is 30.3 Å². The highest BCUT2D eigenvalue weighted by Crippen LogP contribution is 2.44. The van der Waals surface area contributed by atoms with Crippen LogP contribution >= 0.6 is 0 Å². The van der Waals surface area contributed by atoms with Gasteiger partial charge in [0.2, 0.25) is 5.91 Å². The van der Waals surface area contributed by atoms with Crippen molar-refractivity contribution >= 4 is 18.0 Å². The number of hydrogen-bond acceptors (Lipinski definition) is 4. The Kier molecular flexibility index (Phi) is 8.06. The minimum Gasteiger partial charge on any atom is -0.481 e. The molecule has 2 aromatic carbocycles. The van der Waals surface area contributed by atoms with Crippen LogP contribution in [0.3, 0.4) is 0 Å². The number of ether oxygens (including phenoxy) is 1. The molecule has 0 heterocycles. The number of rotatable bonds is 9. The predicted molar refractivity (Wildman–Crippen MR) is 133 cm³/mol. The first-order valence-corrected chi connectivity index (χ1v) is 12.6. The number of carbonyl (C=O) groups is 3. The largest absolute Gasteiger partial charge is 0.481 e. The summed E-state index contributed by atoms with van der Waals surface area (Å²) in [6.45, 7) is 2.17. The van der Waals surface area contributed by atoms with Crippen LogP contribution in [0.5, 0.6) is 0 Å². The van der Waals surface area contributed by atoms with Crippen LogP contribution in [0, 0.1) is 5.92 Å². The van der Waals surface area contributed by atoms with Crippen LogP contribution in [-0.4, -0.2) is 41.8 Å². The molecule has 186 valence electrons. The molecule has 7 nitrogen and oxygen atoms in total. The first-order valence-electron chi connectivity index (χ1n) is 12.6. The maximum Gasteiger partial charge on any atom is 0.407 e. The minimum absolute atomic E-state index is 0.0145. The summed E-state index contributed by atoms with van der Waals surface area (Å²) in [5.74, 6) is -0.991. The van der Waals surface area contributed by atoms with Crippen molar-refractivity contribution in [3.8, 4) is 11.1 Å². The molecule has 3 N–H and O–H groups in total. The van der Waals surface area contributed by atoms with Gasteiger partial charge >= 0.3 is 12.1 Å². The van der Waals surface area contributed by atoms with E-state index in [2.05, 4.69) is 34.9 Å². The van der Waals surface area contributed by atoms with Crippen LogP contribution in [0.4, 0.5) is 4.79 Å². The fourth-order valence-corrected chi connectivity index (χ4v) is 5.36. The Morgan fingerprint density at radius 2 is 1.69 bits per heavy atom. The molecule has 35 heavy (non-hydrogen) atoms. The maximum atomic E-state index is 12.7. The van der Waals surface area contributed by atoms with Crippen molar-refractivity contribution in [2.45, 2.75) is 69.9 Å². The van der Waals surface area contributed by atoms with Gasteiger partial charge in [0.1, 0.15) is 6.61 Å². The molecule has 0 bridgehead atoms. The number of aliphatic carboxylic acids is 1. The Bertz CT molecular complexity index is 1020. The lowest BCUT2D eigenvalue weighted by Crippen LogP contribution is -2.44. The number of amides is 2. The van der Waals surface area contributed by atoms with E-state index in [9.17, 15) is 14.4 Å². The highest BCUT2D eigenvalue weighted by atomic mass is 16.5. The van der Waals surface area contributed by atoms with Gasteiger partial charge in [-0.2, -0.15) is 0 Å². The fourth-order valence-electron chi connectivity index (χ4n) is 5.36. The first-order chi connectivity index (χ1) is 16.9. The second-order valence-corrected chi connectivity index (χ2v) is 9.73. The van der Waals surface area contributed by atoms with E-state index in [0.29, 0.717) is 19.3 Å². The SMILES string of the molecule is CC(CCCC(=O)O)NC(=O)[C@H]1CCC[C@@H](NC(=O)OCC2c3ccccc3-c3ccccc32)C1. The van der Waals surface area contributed by atoms with E-state index in [1.54, 1.807) is 0 Å². The van der Waals surface area contributed by atoms with Gasteiger partial charge < -0.3 is 20.5 Å². The molecule has 3 atom stereocenters. The summed E-state index contributed by atoms with van der Waals surface area (Å²) in [6.07, 6.45) is 3.88. The average molecular weight is 479 g/mol. The maximum absolute atomic E-state index is 12.7. The van der Waals surface area contributed by atoms with Gasteiger partial charge in [-0.15, -0.1) is 0 Å². The second kappa shape index (κ2) is 11.4. The standard InChI is InChI=1S/C28H34N2O5/c1-18(8-6-15-26(31)32)29-27(33)19-9-7-10-20(16-19)30-28(34)35-17-25-23-13-4-2-11-21(23)22-12-3-5-14-24(22)25/h2-5,11-14,18-20,25H,6-10,15-17H2,1H3,(H,29,33)(H,30,34)(H,31,32)/t18?,19-,20+/m0/s1. The Morgan fingerprint density at radius 3 is 2.34 bits per heavy atom. The number of nitrogens with one attached hydrogen (secondary N) is 2. The Morgan fingerprint density at radius 1 is 1.03 bits per heavy atom. The number of fused-ring (bicyclic) bond motifs is 3. The van der Waals surface area contributed by atoms with Gasteiger partial charge in [-0.3, -0.25) is 9.59 Å². The first kappa shape index (κ1) is 24.8. The molecule has 2 aliphatic rings. The second-order valence-electron chi connectivity index (χ2n) is 9.73. The smallest absolute Gasteiger partial charge is 0.407 e. The number of carboxylic acid groups (broad SMARTS) is 1. The quantitative estimate of drug-likeness (QED) is 0.478. The average Bonchev–Trinajstić information content (AvgIpc) is 3.16. The van der Waals surface area contributed by atoms with E-state index in [-0.39, 0.29) is 42.9 Å². The molecule has 2 amide bonds. The Labute approximate surface area is 206 Å². The van der Waals surface area contributed by atoms with Crippen molar-refractivity contribution in [2.75, 3.05) is 6.61 Å². The lowest BCUT2D eigenvalue weighted by Gasteiger charge is -2.29. The molecule has 1 unspecified atom stereocenters. The van der Waals surface area contributed by atoms with Crippen molar-refractivity contribution in [3.63, 3.8) is 0 Å². The summed E-state index contributed by atoms with van der Waals surface area (Å²) in [6, 6.07) is 16.3. The van der Waals surface area contributed by atoms with Crippen molar-refractivity contribution in [3.05, 3.63) is 59.7 Å². The summed E-state index contributed by atoms with van der Waals surface area (Å²) in [5.41, 5.74) is 4.73. The molecule has 2 aliphatic carbocycles. The summed E-state index contributed by atoms with van der Waals surface area (Å²) < 4.78 is 5.67. The molecule has 4 rings (SSSR count). The molecule has 1 saturated carbocycles. The zero-order valence-electron chi connectivity index (χ0n) is 20.2. The summed E-state index contributed by atoms with van der Waals surface area (Å²) in [4.78, 5) is 36.0. The Hall–Kier alpha value is -3.35. The van der Waals surface area contributed by atoms with Crippen molar-refractivity contribution in [1.82, 2.24) is 10.6 Å². The zero-order chi connectivity index (χ0) is 24.8. The normalized spacial score (nSPS) is 19.8. The third-order valence-electron chi connectivity index (χ3n) is 7.13. The molecule has 2 aromatic rings. The van der Waals surface area contributed by atoms with Crippen LogP contribution in [0.25, 0.3) is 11.1 Å². The van der Waals surface area contributed by atoms with E-state index in [4.69, 9.17) is 9.84 Å². The number of carboxylic acids is 1. The third kappa shape index (κ3) is 6.21. The van der Waals surface area contributed by atoms with Gasteiger partial charge in [-0.1, -0.05) is 55.0 Å². The minimum atomic E-state index is -0.821. The lowest BCUT2D eigenvalue weighted by atomic mass is 9.85. The predicted octanol–water partition coefficient (Wildman–Crippen LogP) is 4.84.